The maximum Gasteiger partial charge on any atom is 0.333 e. The number of carbonyl (C=O) groups is 4. The van der Waals surface area contributed by atoms with Crippen molar-refractivity contribution in [3.05, 3.63) is 167 Å². The van der Waals surface area contributed by atoms with E-state index in [2.05, 4.69) is 5.32 Å². The number of esters is 1. The van der Waals surface area contributed by atoms with Crippen LogP contribution >= 0.6 is 0 Å². The van der Waals surface area contributed by atoms with E-state index in [1.165, 1.54) is 0 Å². The van der Waals surface area contributed by atoms with Crippen LogP contribution in [0, 0.1) is 5.92 Å². The zero-order chi connectivity index (χ0) is 30.9. The van der Waals surface area contributed by atoms with E-state index < -0.39 is 35.7 Å². The van der Waals surface area contributed by atoms with Gasteiger partial charge >= 0.3 is 12.0 Å². The molecule has 1 aliphatic carbocycles. The third kappa shape index (κ3) is 4.98. The van der Waals surface area contributed by atoms with Gasteiger partial charge in [-0.15, -0.1) is 0 Å². The fourth-order valence-electron chi connectivity index (χ4n) is 6.54. The number of carbonyl (C=O) groups excluding carboxylic acids is 4. The number of ketones is 1. The van der Waals surface area contributed by atoms with Gasteiger partial charge in [0.15, 0.2) is 5.78 Å². The molecule has 7 rings (SSSR count). The third-order valence-corrected chi connectivity index (χ3v) is 8.52. The van der Waals surface area contributed by atoms with Crippen molar-refractivity contribution in [2.45, 2.75) is 18.4 Å². The Bertz CT molecular complexity index is 1890. The van der Waals surface area contributed by atoms with E-state index in [-0.39, 0.29) is 12.4 Å². The molecule has 0 radical (unpaired) electrons. The number of para-hydroxylation sites is 2. The van der Waals surface area contributed by atoms with Crippen LogP contribution in [0.25, 0.3) is 0 Å². The summed E-state index contributed by atoms with van der Waals surface area (Å²) in [6, 6.07) is 39.0. The van der Waals surface area contributed by atoms with Gasteiger partial charge in [0.1, 0.15) is 6.61 Å². The lowest BCUT2D eigenvalue weighted by molar-refractivity contribution is -0.152. The van der Waals surface area contributed by atoms with E-state index in [4.69, 9.17) is 4.74 Å². The second-order valence-corrected chi connectivity index (χ2v) is 11.1. The van der Waals surface area contributed by atoms with Gasteiger partial charge in [-0.05, 0) is 40.5 Å². The monoisotopic (exact) mass is 592 g/mol. The van der Waals surface area contributed by atoms with Crippen molar-refractivity contribution in [2.75, 3.05) is 10.2 Å². The lowest BCUT2D eigenvalue weighted by atomic mass is 9.67. The number of nitrogens with zero attached hydrogens (tertiary/aromatic N) is 1. The minimum atomic E-state index is -1.09. The summed E-state index contributed by atoms with van der Waals surface area (Å²) in [6.07, 6.45) is 0. The minimum absolute atomic E-state index is 0.00584. The third-order valence-electron chi connectivity index (χ3n) is 8.52. The molecule has 7 heteroatoms. The molecule has 1 heterocycles. The van der Waals surface area contributed by atoms with Crippen molar-refractivity contribution in [1.82, 2.24) is 0 Å². The normalized spacial score (nSPS) is 15.9. The first-order chi connectivity index (χ1) is 22.0. The summed E-state index contributed by atoms with van der Waals surface area (Å²) >= 11 is 0. The fraction of sp³-hybridized carbons (Fsp3) is 0.105. The van der Waals surface area contributed by atoms with Crippen LogP contribution in [0.3, 0.4) is 0 Å². The predicted molar refractivity (Wildman–Crippen MR) is 170 cm³/mol. The highest BCUT2D eigenvalue weighted by Gasteiger charge is 2.52. The first-order valence-corrected chi connectivity index (χ1v) is 14.7. The molecule has 220 valence electrons. The Labute approximate surface area is 260 Å². The quantitative estimate of drug-likeness (QED) is 0.213. The van der Waals surface area contributed by atoms with Gasteiger partial charge in [0.05, 0.1) is 17.5 Å². The van der Waals surface area contributed by atoms with Gasteiger partial charge in [-0.25, -0.2) is 9.69 Å². The lowest BCUT2D eigenvalue weighted by Gasteiger charge is -2.35. The molecule has 0 saturated carbocycles. The average molecular weight is 593 g/mol. The minimum Gasteiger partial charge on any atom is -0.461 e. The summed E-state index contributed by atoms with van der Waals surface area (Å²) in [5.41, 5.74) is 4.49. The maximum atomic E-state index is 14.5. The summed E-state index contributed by atoms with van der Waals surface area (Å²) in [5, 5.41) is 2.81. The molecule has 5 aromatic rings. The van der Waals surface area contributed by atoms with Crippen molar-refractivity contribution in [3.63, 3.8) is 0 Å². The molecule has 7 nitrogen and oxygen atoms in total. The van der Waals surface area contributed by atoms with Gasteiger partial charge in [0, 0.05) is 22.7 Å². The Balaban J connectivity index is 1.36. The predicted octanol–water partition coefficient (Wildman–Crippen LogP) is 7.09. The molecular formula is C38H28N2O5. The van der Waals surface area contributed by atoms with Crippen LogP contribution in [0.5, 0.6) is 0 Å². The van der Waals surface area contributed by atoms with Crippen LogP contribution in [0.2, 0.25) is 0 Å². The van der Waals surface area contributed by atoms with Gasteiger partial charge in [0.25, 0.3) is 0 Å². The topological polar surface area (TPSA) is 92.8 Å². The number of anilines is 2. The molecule has 0 bridgehead atoms. The van der Waals surface area contributed by atoms with E-state index in [1.807, 2.05) is 60.7 Å². The Morgan fingerprint density at radius 3 is 1.82 bits per heavy atom. The van der Waals surface area contributed by atoms with Crippen LogP contribution < -0.4 is 10.2 Å². The highest BCUT2D eigenvalue weighted by molar-refractivity contribution is 6.24. The van der Waals surface area contributed by atoms with E-state index in [0.29, 0.717) is 39.2 Å². The first kappa shape index (κ1) is 28.0. The van der Waals surface area contributed by atoms with E-state index in [1.54, 1.807) is 72.8 Å². The number of nitrogens with one attached hydrogen (secondary N) is 1. The van der Waals surface area contributed by atoms with Crippen molar-refractivity contribution in [3.8, 4) is 0 Å². The molecular weight excluding hydrogens is 564 g/mol. The molecule has 2 atom stereocenters. The Kier molecular flexibility index (Phi) is 7.27. The summed E-state index contributed by atoms with van der Waals surface area (Å²) in [4.78, 5) is 57.4. The molecule has 3 amide bonds. The van der Waals surface area contributed by atoms with Crippen LogP contribution in [-0.2, 0) is 20.9 Å². The molecule has 0 spiro atoms. The van der Waals surface area contributed by atoms with Crippen molar-refractivity contribution in [2.24, 2.45) is 5.92 Å². The second kappa shape index (κ2) is 11.7. The smallest absolute Gasteiger partial charge is 0.333 e. The molecule has 1 N–H and O–H groups in total. The van der Waals surface area contributed by atoms with Gasteiger partial charge in [-0.3, -0.25) is 14.4 Å². The number of hydrogen-bond acceptors (Lipinski definition) is 5. The standard InChI is InChI=1S/C38H28N2O5/c41-35-28-19-9-7-17-26(28)32(27-18-8-10-20-29(27)35)34(37(43)45-23-24-13-3-1-4-14-24)33-30-21-11-12-22-31(30)40(36(33)42)38(44)39-25-15-5-2-6-16-25/h1-22,32-34H,23H2,(H,39,44)/t33-,34-/m0/s1. The number of ether oxygens (including phenoxy) is 1. The van der Waals surface area contributed by atoms with Gasteiger partial charge < -0.3 is 10.1 Å². The lowest BCUT2D eigenvalue weighted by Crippen LogP contribution is -2.42. The Morgan fingerprint density at radius 2 is 1.18 bits per heavy atom. The Hall–Kier alpha value is -5.82. The number of benzene rings is 5. The largest absolute Gasteiger partial charge is 0.461 e. The number of urea groups is 1. The van der Waals surface area contributed by atoms with Crippen LogP contribution in [0.4, 0.5) is 16.2 Å². The number of fused-ring (bicyclic) bond motifs is 3. The fourth-order valence-corrected chi connectivity index (χ4v) is 6.54. The SMILES string of the molecule is O=C1c2ccccc2C([C@H](C(=O)OCc2ccccc2)[C@H]2C(=O)N(C(=O)Nc3ccccc3)c3ccccc32)c2ccccc21. The number of amides is 3. The highest BCUT2D eigenvalue weighted by Crippen LogP contribution is 2.51. The summed E-state index contributed by atoms with van der Waals surface area (Å²) < 4.78 is 5.97. The van der Waals surface area contributed by atoms with Crippen molar-refractivity contribution in [1.29, 1.82) is 0 Å². The molecule has 2 aliphatic rings. The Morgan fingerprint density at radius 1 is 0.644 bits per heavy atom. The number of imide groups is 1. The molecule has 5 aromatic carbocycles. The van der Waals surface area contributed by atoms with E-state index >= 15 is 0 Å². The second-order valence-electron chi connectivity index (χ2n) is 11.1. The maximum absolute atomic E-state index is 14.5. The number of hydrogen-bond donors (Lipinski definition) is 1. The average Bonchev–Trinajstić information content (AvgIpc) is 3.37. The summed E-state index contributed by atoms with van der Waals surface area (Å²) in [6.45, 7) is 0.00584. The zero-order valence-electron chi connectivity index (χ0n) is 24.1. The van der Waals surface area contributed by atoms with Crippen LogP contribution in [-0.4, -0.2) is 23.7 Å². The van der Waals surface area contributed by atoms with Crippen LogP contribution in [0.1, 0.15) is 50.0 Å². The molecule has 0 aromatic heterocycles. The van der Waals surface area contributed by atoms with Gasteiger partial charge in [-0.2, -0.15) is 0 Å². The van der Waals surface area contributed by atoms with Crippen molar-refractivity contribution < 1.29 is 23.9 Å². The molecule has 1 aliphatic heterocycles. The van der Waals surface area contributed by atoms with Crippen molar-refractivity contribution >= 4 is 35.1 Å². The number of rotatable bonds is 6. The van der Waals surface area contributed by atoms with Gasteiger partial charge in [-0.1, -0.05) is 115 Å². The summed E-state index contributed by atoms with van der Waals surface area (Å²) in [7, 11) is 0. The molecule has 0 unspecified atom stereocenters. The highest BCUT2D eigenvalue weighted by atomic mass is 16.5. The zero-order valence-corrected chi connectivity index (χ0v) is 24.1. The van der Waals surface area contributed by atoms with E-state index in [9.17, 15) is 19.2 Å². The summed E-state index contributed by atoms with van der Waals surface area (Å²) in [5.74, 6) is -4.13. The molecule has 0 fully saturated rings. The molecule has 45 heavy (non-hydrogen) atoms. The molecule has 0 saturated heterocycles. The first-order valence-electron chi connectivity index (χ1n) is 14.7. The van der Waals surface area contributed by atoms with Gasteiger partial charge in [0.2, 0.25) is 5.91 Å². The van der Waals surface area contributed by atoms with E-state index in [0.717, 1.165) is 10.5 Å². The van der Waals surface area contributed by atoms with Crippen LogP contribution in [0.15, 0.2) is 133 Å².